The van der Waals surface area contributed by atoms with E-state index in [1.165, 1.54) is 11.8 Å². The standard InChI is InChI=1S/C16H20ClN3O3S/c1-2-6-18-15(22)12-4-3-11(10-13(12)17)19-14(21)5-7-20-8-9-24-16(20)23/h3-4,10H,2,5-9H2,1H3,(H,18,22)(H,19,21). The molecular formula is C16H20ClN3O3S. The number of thioether (sulfide) groups is 1. The monoisotopic (exact) mass is 369 g/mol. The zero-order chi connectivity index (χ0) is 17.5. The van der Waals surface area contributed by atoms with E-state index in [0.717, 1.165) is 12.2 Å². The molecule has 0 saturated carbocycles. The van der Waals surface area contributed by atoms with Crippen molar-refractivity contribution in [3.05, 3.63) is 28.8 Å². The van der Waals surface area contributed by atoms with Gasteiger partial charge in [0, 0.05) is 37.5 Å². The molecule has 0 radical (unpaired) electrons. The zero-order valence-corrected chi connectivity index (χ0v) is 15.0. The lowest BCUT2D eigenvalue weighted by Crippen LogP contribution is -2.27. The summed E-state index contributed by atoms with van der Waals surface area (Å²) >= 11 is 7.39. The average Bonchev–Trinajstić information content (AvgIpc) is 2.96. The second-order valence-corrected chi connectivity index (χ2v) is 6.80. The lowest BCUT2D eigenvalue weighted by atomic mass is 10.2. The molecule has 6 nitrogen and oxygen atoms in total. The Bertz CT molecular complexity index is 639. The van der Waals surface area contributed by atoms with Crippen molar-refractivity contribution in [2.75, 3.05) is 30.7 Å². The van der Waals surface area contributed by atoms with Crippen molar-refractivity contribution in [3.8, 4) is 0 Å². The number of hydrogen-bond acceptors (Lipinski definition) is 4. The second-order valence-electron chi connectivity index (χ2n) is 5.35. The fraction of sp³-hybridized carbons (Fsp3) is 0.438. The number of anilines is 1. The van der Waals surface area contributed by atoms with Crippen LogP contribution in [0.3, 0.4) is 0 Å². The number of rotatable bonds is 7. The molecule has 1 aromatic rings. The van der Waals surface area contributed by atoms with Crippen molar-refractivity contribution >= 4 is 46.1 Å². The molecular weight excluding hydrogens is 350 g/mol. The van der Waals surface area contributed by atoms with Crippen LogP contribution in [0.1, 0.15) is 30.1 Å². The van der Waals surface area contributed by atoms with Crippen molar-refractivity contribution in [2.45, 2.75) is 19.8 Å². The molecule has 2 rings (SSSR count). The smallest absolute Gasteiger partial charge is 0.281 e. The third kappa shape index (κ3) is 5.14. The van der Waals surface area contributed by atoms with Gasteiger partial charge in [0.2, 0.25) is 5.91 Å². The van der Waals surface area contributed by atoms with Crippen molar-refractivity contribution in [2.24, 2.45) is 0 Å². The van der Waals surface area contributed by atoms with Gasteiger partial charge in [0.05, 0.1) is 10.6 Å². The van der Waals surface area contributed by atoms with Crippen LogP contribution in [0.5, 0.6) is 0 Å². The highest BCUT2D eigenvalue weighted by molar-refractivity contribution is 8.13. The topological polar surface area (TPSA) is 78.5 Å². The molecule has 130 valence electrons. The first-order chi connectivity index (χ1) is 11.5. The Balaban J connectivity index is 1.88. The van der Waals surface area contributed by atoms with E-state index in [1.807, 2.05) is 6.92 Å². The minimum absolute atomic E-state index is 0.0216. The number of halogens is 1. The van der Waals surface area contributed by atoms with E-state index in [2.05, 4.69) is 10.6 Å². The molecule has 1 aliphatic heterocycles. The van der Waals surface area contributed by atoms with Gasteiger partial charge in [-0.05, 0) is 24.6 Å². The molecule has 1 fully saturated rings. The predicted octanol–water partition coefficient (Wildman–Crippen LogP) is 2.98. The van der Waals surface area contributed by atoms with Crippen LogP contribution < -0.4 is 10.6 Å². The first-order valence-corrected chi connectivity index (χ1v) is 9.17. The van der Waals surface area contributed by atoms with Gasteiger partial charge in [0.25, 0.3) is 11.1 Å². The van der Waals surface area contributed by atoms with E-state index in [-0.39, 0.29) is 28.5 Å². The first kappa shape index (κ1) is 18.6. The zero-order valence-electron chi connectivity index (χ0n) is 13.4. The van der Waals surface area contributed by atoms with E-state index in [9.17, 15) is 14.4 Å². The van der Waals surface area contributed by atoms with E-state index in [1.54, 1.807) is 23.1 Å². The maximum atomic E-state index is 12.0. The van der Waals surface area contributed by atoms with E-state index >= 15 is 0 Å². The molecule has 0 atom stereocenters. The number of nitrogens with one attached hydrogen (secondary N) is 2. The third-order valence-electron chi connectivity index (χ3n) is 3.49. The molecule has 0 aliphatic carbocycles. The molecule has 24 heavy (non-hydrogen) atoms. The van der Waals surface area contributed by atoms with Gasteiger partial charge in [-0.2, -0.15) is 0 Å². The van der Waals surface area contributed by atoms with Crippen LogP contribution in [-0.2, 0) is 4.79 Å². The SMILES string of the molecule is CCCNC(=O)c1ccc(NC(=O)CCN2CCSC2=O)cc1Cl. The first-order valence-electron chi connectivity index (χ1n) is 7.80. The number of amides is 3. The van der Waals surface area contributed by atoms with Gasteiger partial charge in [-0.25, -0.2) is 0 Å². The molecule has 0 unspecified atom stereocenters. The molecule has 0 spiro atoms. The van der Waals surface area contributed by atoms with Gasteiger partial charge in [0.15, 0.2) is 0 Å². The number of carbonyl (C=O) groups is 3. The van der Waals surface area contributed by atoms with Crippen LogP contribution in [-0.4, -0.2) is 47.3 Å². The third-order valence-corrected chi connectivity index (χ3v) is 4.69. The van der Waals surface area contributed by atoms with Crippen LogP contribution >= 0.6 is 23.4 Å². The van der Waals surface area contributed by atoms with Gasteiger partial charge >= 0.3 is 0 Å². The number of nitrogens with zero attached hydrogens (tertiary/aromatic N) is 1. The number of hydrogen-bond donors (Lipinski definition) is 2. The van der Waals surface area contributed by atoms with Crippen molar-refractivity contribution in [1.82, 2.24) is 10.2 Å². The highest BCUT2D eigenvalue weighted by atomic mass is 35.5. The van der Waals surface area contributed by atoms with Gasteiger partial charge in [-0.1, -0.05) is 30.3 Å². The van der Waals surface area contributed by atoms with Crippen LogP contribution in [0.4, 0.5) is 10.5 Å². The minimum atomic E-state index is -0.232. The molecule has 0 bridgehead atoms. The summed E-state index contributed by atoms with van der Waals surface area (Å²) in [5, 5.41) is 5.79. The normalized spacial score (nSPS) is 13.9. The Morgan fingerprint density at radius 3 is 2.79 bits per heavy atom. The summed E-state index contributed by atoms with van der Waals surface area (Å²) in [6, 6.07) is 4.78. The molecule has 2 N–H and O–H groups in total. The summed E-state index contributed by atoms with van der Waals surface area (Å²) in [6.45, 7) is 3.64. The maximum Gasteiger partial charge on any atom is 0.281 e. The fourth-order valence-corrected chi connectivity index (χ4v) is 3.32. The molecule has 0 aromatic heterocycles. The summed E-state index contributed by atoms with van der Waals surface area (Å²) in [4.78, 5) is 37.0. The van der Waals surface area contributed by atoms with Gasteiger partial charge in [-0.3, -0.25) is 14.4 Å². The Labute approximate surface area is 150 Å². The lowest BCUT2D eigenvalue weighted by Gasteiger charge is -2.14. The summed E-state index contributed by atoms with van der Waals surface area (Å²) in [5.74, 6) is 0.348. The molecule has 3 amide bonds. The number of carbonyl (C=O) groups excluding carboxylic acids is 3. The van der Waals surface area contributed by atoms with Crippen molar-refractivity contribution in [3.63, 3.8) is 0 Å². The maximum absolute atomic E-state index is 12.0. The Morgan fingerprint density at radius 2 is 2.17 bits per heavy atom. The van der Waals surface area contributed by atoms with E-state index in [0.29, 0.717) is 30.9 Å². The van der Waals surface area contributed by atoms with Crippen LogP contribution in [0, 0.1) is 0 Å². The van der Waals surface area contributed by atoms with Crippen LogP contribution in [0.25, 0.3) is 0 Å². The van der Waals surface area contributed by atoms with Gasteiger partial charge in [-0.15, -0.1) is 0 Å². The summed E-state index contributed by atoms with van der Waals surface area (Å²) in [6.07, 6.45) is 1.07. The minimum Gasteiger partial charge on any atom is -0.352 e. The van der Waals surface area contributed by atoms with Crippen molar-refractivity contribution in [1.29, 1.82) is 0 Å². The summed E-state index contributed by atoms with van der Waals surface area (Å²) in [7, 11) is 0. The highest BCUT2D eigenvalue weighted by Gasteiger charge is 2.21. The highest BCUT2D eigenvalue weighted by Crippen LogP contribution is 2.21. The van der Waals surface area contributed by atoms with Crippen LogP contribution in [0.15, 0.2) is 18.2 Å². The predicted molar refractivity (Wildman–Crippen MR) is 96.7 cm³/mol. The van der Waals surface area contributed by atoms with E-state index in [4.69, 9.17) is 11.6 Å². The number of benzene rings is 1. The quantitative estimate of drug-likeness (QED) is 0.774. The lowest BCUT2D eigenvalue weighted by molar-refractivity contribution is -0.116. The molecule has 1 saturated heterocycles. The van der Waals surface area contributed by atoms with Crippen molar-refractivity contribution < 1.29 is 14.4 Å². The van der Waals surface area contributed by atoms with E-state index < -0.39 is 0 Å². The molecule has 8 heteroatoms. The second kappa shape index (κ2) is 8.94. The average molecular weight is 370 g/mol. The van der Waals surface area contributed by atoms with Gasteiger partial charge in [0.1, 0.15) is 0 Å². The fourth-order valence-electron chi connectivity index (χ4n) is 2.20. The molecule has 1 aliphatic rings. The summed E-state index contributed by atoms with van der Waals surface area (Å²) < 4.78 is 0. The van der Waals surface area contributed by atoms with Crippen LogP contribution in [0.2, 0.25) is 5.02 Å². The Hall–Kier alpha value is -1.73. The molecule has 1 heterocycles. The Kier molecular flexibility index (Phi) is 6.93. The molecule has 1 aromatic carbocycles. The Morgan fingerprint density at radius 1 is 1.38 bits per heavy atom. The summed E-state index contributed by atoms with van der Waals surface area (Å²) in [5.41, 5.74) is 0.905. The van der Waals surface area contributed by atoms with Gasteiger partial charge < -0.3 is 15.5 Å². The largest absolute Gasteiger partial charge is 0.352 e.